The first-order chi connectivity index (χ1) is 16.5. The summed E-state index contributed by atoms with van der Waals surface area (Å²) in [7, 11) is 3.84. The molecule has 0 saturated carbocycles. The van der Waals surface area contributed by atoms with Gasteiger partial charge in [0.2, 0.25) is 0 Å². The average molecular weight is 488 g/mol. The fourth-order valence-electron chi connectivity index (χ4n) is 3.92. The van der Waals surface area contributed by atoms with Gasteiger partial charge in [-0.3, -0.25) is 4.79 Å². The summed E-state index contributed by atoms with van der Waals surface area (Å²) in [4.78, 5) is 20.2. The molecule has 1 N–H and O–H groups in total. The lowest BCUT2D eigenvalue weighted by atomic mass is 10.0. The predicted octanol–water partition coefficient (Wildman–Crippen LogP) is 4.10. The molecular formula is C25H23BClN5OS. The van der Waals surface area contributed by atoms with Gasteiger partial charge in [-0.25, -0.2) is 4.98 Å². The first kappa shape index (κ1) is 22.4. The second-order valence-corrected chi connectivity index (χ2v) is 9.72. The Morgan fingerprint density at radius 2 is 1.97 bits per heavy atom. The molecule has 0 atom stereocenters. The Balaban J connectivity index is 1.27. The molecule has 0 bridgehead atoms. The van der Waals surface area contributed by atoms with Crippen LogP contribution in [0, 0.1) is 0 Å². The fraction of sp³-hybridized carbons (Fsp3) is 0.160. The number of hydrogen-bond donors (Lipinski definition) is 1. The van der Waals surface area contributed by atoms with E-state index in [0.717, 1.165) is 49.6 Å². The number of rotatable bonds is 7. The van der Waals surface area contributed by atoms with Gasteiger partial charge in [0.25, 0.3) is 5.91 Å². The zero-order valence-electron chi connectivity index (χ0n) is 19.0. The molecule has 0 spiro atoms. The third-order valence-corrected chi connectivity index (χ3v) is 7.19. The van der Waals surface area contributed by atoms with Crippen molar-refractivity contribution in [2.24, 2.45) is 0 Å². The minimum atomic E-state index is 0.0520. The first-order valence-corrected chi connectivity index (χ1v) is 12.3. The summed E-state index contributed by atoms with van der Waals surface area (Å²) in [5.74, 6) is 0.891. The summed E-state index contributed by atoms with van der Waals surface area (Å²) in [6, 6.07) is 19.7. The van der Waals surface area contributed by atoms with E-state index in [1.54, 1.807) is 11.1 Å². The number of benzene rings is 2. The van der Waals surface area contributed by atoms with Crippen LogP contribution in [0.5, 0.6) is 0 Å². The van der Waals surface area contributed by atoms with Gasteiger partial charge in [-0.2, -0.15) is 9.61 Å². The normalized spacial score (nSPS) is 11.2. The second-order valence-electron chi connectivity index (χ2n) is 8.22. The number of carbonyl (C=O) groups is 1. The minimum Gasteiger partial charge on any atom is -0.370 e. The smallest absolute Gasteiger partial charge is 0.263 e. The number of nitrogens with one attached hydrogen (secondary N) is 1. The topological polar surface area (TPSA) is 62.5 Å². The van der Waals surface area contributed by atoms with Gasteiger partial charge in [0, 0.05) is 47.7 Å². The molecular weight excluding hydrogens is 465 g/mol. The summed E-state index contributed by atoms with van der Waals surface area (Å²) in [6.07, 6.45) is 2.60. The summed E-state index contributed by atoms with van der Waals surface area (Å²) >= 11 is 7.96. The first-order valence-electron chi connectivity index (χ1n) is 11.1. The molecule has 2 aromatic carbocycles. The minimum absolute atomic E-state index is 0.0520. The Labute approximate surface area is 207 Å². The molecule has 0 fully saturated rings. The van der Waals surface area contributed by atoms with Crippen LogP contribution in [-0.4, -0.2) is 53.4 Å². The van der Waals surface area contributed by atoms with Crippen LogP contribution in [0.3, 0.4) is 0 Å². The van der Waals surface area contributed by atoms with Crippen molar-refractivity contribution < 1.29 is 4.79 Å². The molecule has 6 nitrogen and oxygen atoms in total. The highest BCUT2D eigenvalue weighted by molar-refractivity contribution is 7.20. The SMILES string of the molecule is Bc1cnn2c(NCCCN(C)C(=O)c3cc4ccccc4s3)cc(-c3ccccc3Cl)nc12. The van der Waals surface area contributed by atoms with Gasteiger partial charge in [0.15, 0.2) is 5.65 Å². The Kier molecular flexibility index (Phi) is 6.26. The van der Waals surface area contributed by atoms with Crippen molar-refractivity contribution in [2.75, 3.05) is 25.5 Å². The molecule has 3 aromatic heterocycles. The van der Waals surface area contributed by atoms with Crippen LogP contribution >= 0.6 is 22.9 Å². The number of fused-ring (bicyclic) bond motifs is 2. The summed E-state index contributed by atoms with van der Waals surface area (Å²) in [5, 5.41) is 9.71. The maximum atomic E-state index is 12.9. The molecule has 5 aromatic rings. The van der Waals surface area contributed by atoms with E-state index >= 15 is 0 Å². The van der Waals surface area contributed by atoms with Crippen molar-refractivity contribution >= 4 is 63.7 Å². The number of aromatic nitrogens is 3. The standard InChI is InChI=1S/C25H23BClN5OS/c1-31(25(33)22-13-16-7-2-5-10-21(16)34-22)12-6-11-28-23-14-20(17-8-3-4-9-19(17)27)30-24-18(26)15-29-32(23)24/h2-5,7-10,13-15,28H,6,11-12,26H2,1H3. The molecule has 0 aliphatic carbocycles. The number of hydrogen-bond acceptors (Lipinski definition) is 5. The van der Waals surface area contributed by atoms with Crippen molar-refractivity contribution in [2.45, 2.75) is 6.42 Å². The zero-order valence-corrected chi connectivity index (χ0v) is 20.5. The zero-order chi connectivity index (χ0) is 23.7. The van der Waals surface area contributed by atoms with Crippen molar-refractivity contribution in [1.82, 2.24) is 19.5 Å². The van der Waals surface area contributed by atoms with Gasteiger partial charge in [-0.05, 0) is 35.5 Å². The van der Waals surface area contributed by atoms with Crippen LogP contribution in [0.2, 0.25) is 5.02 Å². The van der Waals surface area contributed by atoms with Gasteiger partial charge in [0.05, 0.1) is 10.6 Å². The number of halogens is 1. The molecule has 0 unspecified atom stereocenters. The monoisotopic (exact) mass is 487 g/mol. The third kappa shape index (κ3) is 4.39. The Bertz CT molecular complexity index is 1460. The number of carbonyl (C=O) groups excluding carboxylic acids is 1. The molecule has 0 radical (unpaired) electrons. The highest BCUT2D eigenvalue weighted by atomic mass is 35.5. The van der Waals surface area contributed by atoms with Crippen LogP contribution in [0.1, 0.15) is 16.1 Å². The van der Waals surface area contributed by atoms with E-state index in [0.29, 0.717) is 18.1 Å². The van der Waals surface area contributed by atoms with Crippen molar-refractivity contribution in [3.8, 4) is 11.3 Å². The average Bonchev–Trinajstić information content (AvgIpc) is 3.45. The van der Waals surface area contributed by atoms with Crippen LogP contribution in [0.25, 0.3) is 27.0 Å². The highest BCUT2D eigenvalue weighted by Crippen LogP contribution is 2.28. The van der Waals surface area contributed by atoms with E-state index in [2.05, 4.69) is 10.4 Å². The van der Waals surface area contributed by atoms with Crippen molar-refractivity contribution in [3.63, 3.8) is 0 Å². The molecule has 0 aliphatic rings. The van der Waals surface area contributed by atoms with Crippen LogP contribution < -0.4 is 10.8 Å². The highest BCUT2D eigenvalue weighted by Gasteiger charge is 2.15. The van der Waals surface area contributed by atoms with E-state index in [1.807, 2.05) is 80.1 Å². The van der Waals surface area contributed by atoms with E-state index in [9.17, 15) is 4.79 Å². The van der Waals surface area contributed by atoms with E-state index in [4.69, 9.17) is 16.6 Å². The molecule has 170 valence electrons. The van der Waals surface area contributed by atoms with E-state index in [1.165, 1.54) is 11.3 Å². The number of anilines is 1. The lowest BCUT2D eigenvalue weighted by molar-refractivity contribution is 0.0799. The van der Waals surface area contributed by atoms with Crippen LogP contribution in [-0.2, 0) is 0 Å². The fourth-order valence-corrected chi connectivity index (χ4v) is 5.21. The van der Waals surface area contributed by atoms with Gasteiger partial charge in [0.1, 0.15) is 13.7 Å². The van der Waals surface area contributed by atoms with E-state index in [-0.39, 0.29) is 5.91 Å². The molecule has 5 rings (SSSR count). The second kappa shape index (κ2) is 9.48. The van der Waals surface area contributed by atoms with Crippen molar-refractivity contribution in [3.05, 3.63) is 76.8 Å². The van der Waals surface area contributed by atoms with Gasteiger partial charge in [-0.1, -0.05) is 48.0 Å². The van der Waals surface area contributed by atoms with E-state index < -0.39 is 0 Å². The van der Waals surface area contributed by atoms with Gasteiger partial charge >= 0.3 is 0 Å². The summed E-state index contributed by atoms with van der Waals surface area (Å²) in [6.45, 7) is 1.33. The number of thiophene rings is 1. The lowest BCUT2D eigenvalue weighted by Crippen LogP contribution is -2.28. The largest absolute Gasteiger partial charge is 0.370 e. The quantitative estimate of drug-likeness (QED) is 0.277. The summed E-state index contributed by atoms with van der Waals surface area (Å²) < 4.78 is 2.94. The summed E-state index contributed by atoms with van der Waals surface area (Å²) in [5.41, 5.74) is 3.45. The molecule has 34 heavy (non-hydrogen) atoms. The van der Waals surface area contributed by atoms with Crippen LogP contribution in [0.4, 0.5) is 5.82 Å². The Morgan fingerprint density at radius 3 is 2.79 bits per heavy atom. The molecule has 0 saturated heterocycles. The molecule has 0 aliphatic heterocycles. The predicted molar refractivity (Wildman–Crippen MR) is 144 cm³/mol. The Hall–Kier alpha value is -3.36. The molecule has 1 amide bonds. The number of amides is 1. The maximum absolute atomic E-state index is 12.9. The van der Waals surface area contributed by atoms with Crippen LogP contribution in [0.15, 0.2) is 66.9 Å². The van der Waals surface area contributed by atoms with Gasteiger partial charge < -0.3 is 10.2 Å². The van der Waals surface area contributed by atoms with Gasteiger partial charge in [-0.15, -0.1) is 11.3 Å². The molecule has 9 heteroatoms. The van der Waals surface area contributed by atoms with Crippen molar-refractivity contribution in [1.29, 1.82) is 0 Å². The number of nitrogens with zero attached hydrogens (tertiary/aromatic N) is 4. The Morgan fingerprint density at radius 1 is 1.18 bits per heavy atom. The third-order valence-electron chi connectivity index (χ3n) is 5.76. The lowest BCUT2D eigenvalue weighted by Gasteiger charge is -2.17. The molecule has 3 heterocycles. The maximum Gasteiger partial charge on any atom is 0.263 e.